The topological polar surface area (TPSA) is 65.4 Å². The molecule has 0 radical (unpaired) electrons. The zero-order valence-electron chi connectivity index (χ0n) is 18.3. The Kier molecular flexibility index (Phi) is 8.66. The summed E-state index contributed by atoms with van der Waals surface area (Å²) in [7, 11) is 1.59. The summed E-state index contributed by atoms with van der Waals surface area (Å²) in [6, 6.07) is 13.8. The van der Waals surface area contributed by atoms with Crippen LogP contribution >= 0.6 is 0 Å². The zero-order valence-corrected chi connectivity index (χ0v) is 18.3. The van der Waals surface area contributed by atoms with E-state index in [-0.39, 0.29) is 18.3 Å². The largest absolute Gasteiger partial charge is 0.493 e. The number of aliphatic hydroxyl groups is 2. The smallest absolute Gasteiger partial charge is 0.161 e. The number of halogens is 1. The lowest BCUT2D eigenvalue weighted by Gasteiger charge is -2.37. The van der Waals surface area contributed by atoms with Gasteiger partial charge >= 0.3 is 0 Å². The Morgan fingerprint density at radius 3 is 2.23 bits per heavy atom. The van der Waals surface area contributed by atoms with Crippen molar-refractivity contribution in [3.63, 3.8) is 0 Å². The molecule has 2 N–H and O–H groups in total. The van der Waals surface area contributed by atoms with Gasteiger partial charge in [0.15, 0.2) is 11.5 Å². The summed E-state index contributed by atoms with van der Waals surface area (Å²) < 4.78 is 24.4. The molecule has 7 heteroatoms. The third-order valence-corrected chi connectivity index (χ3v) is 5.83. The van der Waals surface area contributed by atoms with Crippen LogP contribution in [0.4, 0.5) is 4.39 Å². The molecule has 1 saturated heterocycles. The van der Waals surface area contributed by atoms with E-state index in [0.717, 1.165) is 31.7 Å². The molecular formula is C24H33FN2O4. The minimum Gasteiger partial charge on any atom is -0.493 e. The minimum absolute atomic E-state index is 0.136. The van der Waals surface area contributed by atoms with Gasteiger partial charge in [-0.1, -0.05) is 31.2 Å². The fourth-order valence-corrected chi connectivity index (χ4v) is 3.86. The monoisotopic (exact) mass is 432 g/mol. The highest BCUT2D eigenvalue weighted by Gasteiger charge is 2.24. The average molecular weight is 433 g/mol. The molecule has 1 heterocycles. The fraction of sp³-hybridized carbons (Fsp3) is 0.500. The Hall–Kier alpha value is -2.19. The summed E-state index contributed by atoms with van der Waals surface area (Å²) in [6.07, 6.45) is -1.16. The van der Waals surface area contributed by atoms with E-state index < -0.39 is 12.2 Å². The van der Waals surface area contributed by atoms with E-state index in [2.05, 4.69) is 9.80 Å². The van der Waals surface area contributed by atoms with Gasteiger partial charge in [0.05, 0.1) is 13.2 Å². The Labute approximate surface area is 183 Å². The van der Waals surface area contributed by atoms with Crippen LogP contribution in [-0.4, -0.2) is 85.2 Å². The first-order valence-electron chi connectivity index (χ1n) is 10.8. The highest BCUT2D eigenvalue weighted by atomic mass is 19.1. The second-order valence-corrected chi connectivity index (χ2v) is 8.13. The predicted octanol–water partition coefficient (Wildman–Crippen LogP) is 2.36. The van der Waals surface area contributed by atoms with Gasteiger partial charge in [-0.3, -0.25) is 9.80 Å². The molecule has 3 unspecified atom stereocenters. The van der Waals surface area contributed by atoms with Crippen LogP contribution in [0, 0.1) is 5.82 Å². The van der Waals surface area contributed by atoms with Gasteiger partial charge in [0.1, 0.15) is 18.5 Å². The van der Waals surface area contributed by atoms with Crippen LogP contribution in [0.1, 0.15) is 18.4 Å². The minimum atomic E-state index is -0.602. The maximum atomic E-state index is 13.5. The normalized spacial score (nSPS) is 18.4. The summed E-state index contributed by atoms with van der Waals surface area (Å²) in [5, 5.41) is 21.0. The number of ether oxygens (including phenoxy) is 2. The summed E-state index contributed by atoms with van der Waals surface area (Å²) >= 11 is 0. The first-order chi connectivity index (χ1) is 15.0. The number of methoxy groups -OCH3 is 1. The number of rotatable bonds is 10. The second-order valence-electron chi connectivity index (χ2n) is 8.13. The molecule has 31 heavy (non-hydrogen) atoms. The van der Waals surface area contributed by atoms with E-state index in [0.29, 0.717) is 24.6 Å². The van der Waals surface area contributed by atoms with Crippen molar-refractivity contribution < 1.29 is 24.1 Å². The van der Waals surface area contributed by atoms with Gasteiger partial charge in [-0.2, -0.15) is 0 Å². The number of β-amino-alcohol motifs (C(OH)–C–C–N with tert-alkyl or cyclic N) is 2. The van der Waals surface area contributed by atoms with E-state index in [4.69, 9.17) is 9.47 Å². The third kappa shape index (κ3) is 6.90. The van der Waals surface area contributed by atoms with E-state index in [9.17, 15) is 14.6 Å². The molecule has 0 aromatic heterocycles. The van der Waals surface area contributed by atoms with Crippen molar-refractivity contribution in [3.05, 3.63) is 59.9 Å². The molecule has 3 rings (SSSR count). The van der Waals surface area contributed by atoms with Gasteiger partial charge in [-0.25, -0.2) is 4.39 Å². The van der Waals surface area contributed by atoms with Crippen LogP contribution in [0.2, 0.25) is 0 Å². The van der Waals surface area contributed by atoms with E-state index in [1.807, 2.05) is 37.3 Å². The van der Waals surface area contributed by atoms with E-state index >= 15 is 0 Å². The molecule has 6 nitrogen and oxygen atoms in total. The van der Waals surface area contributed by atoms with E-state index in [1.54, 1.807) is 13.2 Å². The highest BCUT2D eigenvalue weighted by molar-refractivity contribution is 5.39. The number of nitrogens with zero attached hydrogens (tertiary/aromatic N) is 2. The third-order valence-electron chi connectivity index (χ3n) is 5.83. The van der Waals surface area contributed by atoms with Crippen molar-refractivity contribution in [2.24, 2.45) is 0 Å². The Balaban J connectivity index is 1.39. The number of hydrogen-bond donors (Lipinski definition) is 2. The van der Waals surface area contributed by atoms with Crippen molar-refractivity contribution in [1.29, 1.82) is 0 Å². The molecule has 2 aromatic carbocycles. The van der Waals surface area contributed by atoms with Crippen LogP contribution < -0.4 is 9.47 Å². The van der Waals surface area contributed by atoms with Gasteiger partial charge in [-0.05, 0) is 29.8 Å². The zero-order chi connectivity index (χ0) is 22.2. The molecular weight excluding hydrogens is 399 g/mol. The molecule has 1 aliphatic rings. The van der Waals surface area contributed by atoms with Crippen molar-refractivity contribution >= 4 is 0 Å². The predicted molar refractivity (Wildman–Crippen MR) is 118 cm³/mol. The standard InChI is InChI=1S/C24H33FN2O4/c1-18(19-6-5-7-20(25)14-19)22(29)16-27-12-10-26(11-13-27)15-21(28)17-31-24-9-4-3-8-23(24)30-2/h3-9,14,18,21-22,28-29H,10-13,15-17H2,1-2H3. The van der Waals surface area contributed by atoms with Crippen molar-refractivity contribution in [2.75, 3.05) is 53.0 Å². The molecule has 3 atom stereocenters. The van der Waals surface area contributed by atoms with Crippen LogP contribution in [0.25, 0.3) is 0 Å². The quantitative estimate of drug-likeness (QED) is 0.601. The first kappa shape index (κ1) is 23.5. The summed E-state index contributed by atoms with van der Waals surface area (Å²) in [4.78, 5) is 4.42. The van der Waals surface area contributed by atoms with Crippen LogP contribution in [0.3, 0.4) is 0 Å². The fourth-order valence-electron chi connectivity index (χ4n) is 3.86. The summed E-state index contributed by atoms with van der Waals surface area (Å²) in [5.74, 6) is 0.853. The highest BCUT2D eigenvalue weighted by Crippen LogP contribution is 2.26. The average Bonchev–Trinajstić information content (AvgIpc) is 2.78. The second kappa shape index (κ2) is 11.4. The first-order valence-corrected chi connectivity index (χ1v) is 10.8. The number of benzene rings is 2. The number of hydrogen-bond acceptors (Lipinski definition) is 6. The molecule has 2 aromatic rings. The maximum Gasteiger partial charge on any atom is 0.161 e. The van der Waals surface area contributed by atoms with Crippen LogP contribution in [0.15, 0.2) is 48.5 Å². The van der Waals surface area contributed by atoms with Crippen molar-refractivity contribution in [2.45, 2.75) is 25.0 Å². The molecule has 0 bridgehead atoms. The van der Waals surface area contributed by atoms with Gasteiger partial charge in [-0.15, -0.1) is 0 Å². The maximum absolute atomic E-state index is 13.5. The summed E-state index contributed by atoms with van der Waals surface area (Å²) in [5.41, 5.74) is 0.810. The lowest BCUT2D eigenvalue weighted by Crippen LogP contribution is -2.51. The van der Waals surface area contributed by atoms with Gasteiger partial charge in [0, 0.05) is 45.2 Å². The Bertz CT molecular complexity index is 814. The van der Waals surface area contributed by atoms with Crippen LogP contribution in [0.5, 0.6) is 11.5 Å². The summed E-state index contributed by atoms with van der Waals surface area (Å²) in [6.45, 7) is 6.45. The molecule has 1 fully saturated rings. The van der Waals surface area contributed by atoms with E-state index in [1.165, 1.54) is 12.1 Å². The molecule has 1 aliphatic heterocycles. The Morgan fingerprint density at radius 1 is 0.935 bits per heavy atom. The number of piperazine rings is 1. The van der Waals surface area contributed by atoms with Crippen LogP contribution in [-0.2, 0) is 0 Å². The number of aliphatic hydroxyl groups excluding tert-OH is 2. The van der Waals surface area contributed by atoms with Gasteiger partial charge < -0.3 is 19.7 Å². The lowest BCUT2D eigenvalue weighted by molar-refractivity contribution is 0.0294. The molecule has 0 saturated carbocycles. The molecule has 170 valence electrons. The van der Waals surface area contributed by atoms with Gasteiger partial charge in [0.25, 0.3) is 0 Å². The Morgan fingerprint density at radius 2 is 1.58 bits per heavy atom. The molecule has 0 spiro atoms. The van der Waals surface area contributed by atoms with Crippen molar-refractivity contribution in [1.82, 2.24) is 9.80 Å². The lowest BCUT2D eigenvalue weighted by atomic mass is 9.95. The SMILES string of the molecule is COc1ccccc1OCC(O)CN1CCN(CC(O)C(C)c2cccc(F)c2)CC1. The van der Waals surface area contributed by atoms with Crippen molar-refractivity contribution in [3.8, 4) is 11.5 Å². The van der Waals surface area contributed by atoms with Gasteiger partial charge in [0.2, 0.25) is 0 Å². The molecule has 0 aliphatic carbocycles. The molecule has 0 amide bonds. The number of para-hydroxylation sites is 2.